The first-order chi connectivity index (χ1) is 8.63. The molecule has 0 bridgehead atoms. The highest BCUT2D eigenvalue weighted by Gasteiger charge is 2.39. The molecule has 1 saturated heterocycles. The van der Waals surface area contributed by atoms with Crippen molar-refractivity contribution in [3.05, 3.63) is 0 Å². The fraction of sp³-hybridized carbons (Fsp3) is 1.00. The second kappa shape index (κ2) is 6.38. The van der Waals surface area contributed by atoms with Crippen LogP contribution in [0.15, 0.2) is 0 Å². The zero-order chi connectivity index (χ0) is 13.1. The van der Waals surface area contributed by atoms with E-state index in [1.165, 1.54) is 45.1 Å². The van der Waals surface area contributed by atoms with Crippen LogP contribution >= 0.6 is 0 Å². The van der Waals surface area contributed by atoms with Crippen LogP contribution in [0.4, 0.5) is 0 Å². The Morgan fingerprint density at radius 2 is 1.89 bits per heavy atom. The van der Waals surface area contributed by atoms with Gasteiger partial charge in [0, 0.05) is 12.1 Å². The molecule has 106 valence electrons. The van der Waals surface area contributed by atoms with Gasteiger partial charge in [-0.15, -0.1) is 0 Å². The molecule has 5 atom stereocenters. The minimum absolute atomic E-state index is 0.101. The summed E-state index contributed by atoms with van der Waals surface area (Å²) in [6.45, 7) is 8.15. The summed E-state index contributed by atoms with van der Waals surface area (Å²) >= 11 is 0. The molecule has 2 fully saturated rings. The van der Waals surface area contributed by atoms with Crippen LogP contribution in [-0.2, 0) is 0 Å². The van der Waals surface area contributed by atoms with E-state index >= 15 is 0 Å². The summed E-state index contributed by atoms with van der Waals surface area (Å²) in [6, 6.07) is 1.13. The third kappa shape index (κ3) is 3.08. The van der Waals surface area contributed by atoms with E-state index < -0.39 is 0 Å². The van der Waals surface area contributed by atoms with Gasteiger partial charge < -0.3 is 5.11 Å². The average Bonchev–Trinajstić information content (AvgIpc) is 2.53. The van der Waals surface area contributed by atoms with Crippen LogP contribution in [0, 0.1) is 11.8 Å². The average molecular weight is 253 g/mol. The smallest absolute Gasteiger partial charge is 0.0700 e. The van der Waals surface area contributed by atoms with E-state index in [1.54, 1.807) is 0 Å². The highest BCUT2D eigenvalue weighted by Crippen LogP contribution is 2.35. The standard InChI is InChI=1S/C16H31NO/c1-4-14-8-6-5-7-9-17(14)16-13(3)10-12(2)11-15(16)18/h12-16,18H,4-11H2,1-3H3. The molecule has 2 rings (SSSR count). The molecule has 18 heavy (non-hydrogen) atoms. The second-order valence-corrected chi connectivity index (χ2v) is 6.76. The van der Waals surface area contributed by atoms with Crippen molar-refractivity contribution in [2.24, 2.45) is 11.8 Å². The zero-order valence-electron chi connectivity index (χ0n) is 12.4. The maximum Gasteiger partial charge on any atom is 0.0700 e. The van der Waals surface area contributed by atoms with E-state index in [1.807, 2.05) is 0 Å². The van der Waals surface area contributed by atoms with Crippen molar-refractivity contribution in [2.45, 2.75) is 83.9 Å². The molecule has 1 aliphatic heterocycles. The van der Waals surface area contributed by atoms with Crippen molar-refractivity contribution in [2.75, 3.05) is 6.54 Å². The molecule has 2 heteroatoms. The number of likely N-dealkylation sites (tertiary alicyclic amines) is 1. The Kier molecular flexibility index (Phi) is 5.08. The fourth-order valence-electron chi connectivity index (χ4n) is 4.38. The molecule has 2 aliphatic rings. The summed E-state index contributed by atoms with van der Waals surface area (Å²) in [5.41, 5.74) is 0. The monoisotopic (exact) mass is 253 g/mol. The molecule has 5 unspecified atom stereocenters. The van der Waals surface area contributed by atoms with Crippen LogP contribution < -0.4 is 0 Å². The van der Waals surface area contributed by atoms with Crippen molar-refractivity contribution < 1.29 is 5.11 Å². The van der Waals surface area contributed by atoms with E-state index in [4.69, 9.17) is 0 Å². The Bertz CT molecular complexity index is 243. The van der Waals surface area contributed by atoms with Crippen molar-refractivity contribution >= 4 is 0 Å². The first kappa shape index (κ1) is 14.3. The van der Waals surface area contributed by atoms with E-state index in [2.05, 4.69) is 25.7 Å². The molecule has 2 nitrogen and oxygen atoms in total. The number of aliphatic hydroxyl groups excluding tert-OH is 1. The van der Waals surface area contributed by atoms with Crippen LogP contribution in [-0.4, -0.2) is 34.7 Å². The van der Waals surface area contributed by atoms with Crippen LogP contribution in [0.2, 0.25) is 0 Å². The predicted molar refractivity (Wildman–Crippen MR) is 76.6 cm³/mol. The van der Waals surface area contributed by atoms with E-state index in [0.29, 0.717) is 23.9 Å². The Labute approximate surface area is 113 Å². The Morgan fingerprint density at radius 3 is 2.56 bits per heavy atom. The van der Waals surface area contributed by atoms with Gasteiger partial charge in [0.25, 0.3) is 0 Å². The van der Waals surface area contributed by atoms with Gasteiger partial charge in [0.05, 0.1) is 6.10 Å². The molecule has 0 aromatic heterocycles. The Morgan fingerprint density at radius 1 is 1.11 bits per heavy atom. The van der Waals surface area contributed by atoms with E-state index in [-0.39, 0.29) is 6.10 Å². The number of hydrogen-bond donors (Lipinski definition) is 1. The zero-order valence-corrected chi connectivity index (χ0v) is 12.4. The molecular weight excluding hydrogens is 222 g/mol. The fourth-order valence-corrected chi connectivity index (χ4v) is 4.38. The minimum Gasteiger partial charge on any atom is -0.391 e. The molecule has 0 aromatic rings. The van der Waals surface area contributed by atoms with Gasteiger partial charge in [-0.05, 0) is 50.5 Å². The van der Waals surface area contributed by atoms with Crippen LogP contribution in [0.1, 0.15) is 65.7 Å². The maximum absolute atomic E-state index is 10.5. The van der Waals surface area contributed by atoms with Crippen LogP contribution in [0.25, 0.3) is 0 Å². The summed E-state index contributed by atoms with van der Waals surface area (Å²) in [5, 5.41) is 10.5. The Hall–Kier alpha value is -0.0800. The second-order valence-electron chi connectivity index (χ2n) is 6.76. The third-order valence-corrected chi connectivity index (χ3v) is 5.17. The van der Waals surface area contributed by atoms with Gasteiger partial charge >= 0.3 is 0 Å². The summed E-state index contributed by atoms with van der Waals surface area (Å²) in [7, 11) is 0. The van der Waals surface area contributed by atoms with Crippen molar-refractivity contribution in [1.82, 2.24) is 4.90 Å². The molecule has 0 aromatic carbocycles. The molecule has 0 radical (unpaired) electrons. The van der Waals surface area contributed by atoms with Crippen LogP contribution in [0.5, 0.6) is 0 Å². The topological polar surface area (TPSA) is 23.5 Å². The van der Waals surface area contributed by atoms with Crippen LogP contribution in [0.3, 0.4) is 0 Å². The number of nitrogens with zero attached hydrogens (tertiary/aromatic N) is 1. The van der Waals surface area contributed by atoms with Crippen molar-refractivity contribution in [3.63, 3.8) is 0 Å². The first-order valence-corrected chi connectivity index (χ1v) is 8.07. The van der Waals surface area contributed by atoms with E-state index in [9.17, 15) is 5.11 Å². The summed E-state index contributed by atoms with van der Waals surface area (Å²) in [6.07, 6.45) is 8.84. The lowest BCUT2D eigenvalue weighted by atomic mass is 9.76. The quantitative estimate of drug-likeness (QED) is 0.815. The SMILES string of the molecule is CCC1CCCCCN1C1C(C)CC(C)CC1O. The molecule has 1 heterocycles. The molecule has 0 amide bonds. The van der Waals surface area contributed by atoms with E-state index in [0.717, 1.165) is 6.42 Å². The highest BCUT2D eigenvalue weighted by molar-refractivity contribution is 4.92. The summed E-state index contributed by atoms with van der Waals surface area (Å²) in [4.78, 5) is 2.67. The highest BCUT2D eigenvalue weighted by atomic mass is 16.3. The van der Waals surface area contributed by atoms with Gasteiger partial charge in [0.1, 0.15) is 0 Å². The Balaban J connectivity index is 2.10. The van der Waals surface area contributed by atoms with Gasteiger partial charge in [-0.2, -0.15) is 0 Å². The molecule has 1 aliphatic carbocycles. The normalized spacial score (nSPS) is 43.7. The largest absolute Gasteiger partial charge is 0.391 e. The van der Waals surface area contributed by atoms with Gasteiger partial charge in [-0.1, -0.05) is 33.6 Å². The lowest BCUT2D eigenvalue weighted by molar-refractivity contribution is -0.0417. The molecule has 0 spiro atoms. The molecule has 1 N–H and O–H groups in total. The number of rotatable bonds is 2. The predicted octanol–water partition coefficient (Wildman–Crippen LogP) is 3.44. The van der Waals surface area contributed by atoms with Gasteiger partial charge in [-0.25, -0.2) is 0 Å². The molecule has 1 saturated carbocycles. The minimum atomic E-state index is -0.101. The third-order valence-electron chi connectivity index (χ3n) is 5.17. The molecular formula is C16H31NO. The van der Waals surface area contributed by atoms with Gasteiger partial charge in [0.2, 0.25) is 0 Å². The lowest BCUT2D eigenvalue weighted by Crippen LogP contribution is -2.54. The maximum atomic E-state index is 10.5. The number of aliphatic hydroxyl groups is 1. The number of hydrogen-bond acceptors (Lipinski definition) is 2. The van der Waals surface area contributed by atoms with Gasteiger partial charge in [-0.3, -0.25) is 4.90 Å². The first-order valence-electron chi connectivity index (χ1n) is 8.07. The summed E-state index contributed by atoms with van der Waals surface area (Å²) in [5.74, 6) is 1.34. The van der Waals surface area contributed by atoms with Crippen molar-refractivity contribution in [1.29, 1.82) is 0 Å². The summed E-state index contributed by atoms with van der Waals surface area (Å²) < 4.78 is 0. The lowest BCUT2D eigenvalue weighted by Gasteiger charge is -2.46. The van der Waals surface area contributed by atoms with Gasteiger partial charge in [0.15, 0.2) is 0 Å². The van der Waals surface area contributed by atoms with Crippen molar-refractivity contribution in [3.8, 4) is 0 Å².